The van der Waals surface area contributed by atoms with E-state index in [1.807, 2.05) is 30.6 Å². The molecule has 1 aromatic carbocycles. The Hall–Kier alpha value is -2.95. The highest BCUT2D eigenvalue weighted by atomic mass is 15.1. The minimum atomic E-state index is 0.829. The van der Waals surface area contributed by atoms with Crippen molar-refractivity contribution < 1.29 is 0 Å². The van der Waals surface area contributed by atoms with E-state index in [1.54, 1.807) is 12.5 Å². The lowest BCUT2D eigenvalue weighted by molar-refractivity contribution is 1.09. The van der Waals surface area contributed by atoms with Crippen LogP contribution in [0.4, 0.5) is 0 Å². The summed E-state index contributed by atoms with van der Waals surface area (Å²) in [4.78, 5) is 11.9. The van der Waals surface area contributed by atoms with Gasteiger partial charge >= 0.3 is 0 Å². The summed E-state index contributed by atoms with van der Waals surface area (Å²) >= 11 is 0. The summed E-state index contributed by atoms with van der Waals surface area (Å²) in [5.74, 6) is 0. The van der Waals surface area contributed by atoms with Crippen molar-refractivity contribution in [2.75, 3.05) is 0 Å². The molecule has 0 radical (unpaired) electrons. The van der Waals surface area contributed by atoms with Crippen LogP contribution < -0.4 is 0 Å². The van der Waals surface area contributed by atoms with Crippen LogP contribution in [-0.4, -0.2) is 25.1 Å². The van der Waals surface area contributed by atoms with Gasteiger partial charge in [-0.1, -0.05) is 30.3 Å². The molecule has 96 valence electrons. The van der Waals surface area contributed by atoms with Gasteiger partial charge in [-0.25, -0.2) is 9.97 Å². The summed E-state index contributed by atoms with van der Waals surface area (Å²) in [6.45, 7) is 0. The summed E-state index contributed by atoms with van der Waals surface area (Å²) in [6, 6.07) is 10.2. The second-order valence-electron chi connectivity index (χ2n) is 4.50. The molecule has 5 nitrogen and oxygen atoms in total. The van der Waals surface area contributed by atoms with E-state index in [2.05, 4.69) is 37.3 Å². The highest BCUT2D eigenvalue weighted by Crippen LogP contribution is 2.33. The van der Waals surface area contributed by atoms with Gasteiger partial charge in [0.25, 0.3) is 0 Å². The highest BCUT2D eigenvalue weighted by Gasteiger charge is 2.14. The average molecular weight is 261 g/mol. The maximum atomic E-state index is 4.42. The molecule has 0 amide bonds. The lowest BCUT2D eigenvalue weighted by Crippen LogP contribution is -1.87. The van der Waals surface area contributed by atoms with Gasteiger partial charge in [0.05, 0.1) is 17.3 Å². The zero-order valence-electron chi connectivity index (χ0n) is 10.5. The summed E-state index contributed by atoms with van der Waals surface area (Å²) in [5.41, 5.74) is 4.89. The number of aromatic nitrogens is 5. The molecule has 4 aromatic rings. The maximum Gasteiger partial charge on any atom is 0.141 e. The molecule has 0 bridgehead atoms. The second-order valence-corrected chi connectivity index (χ2v) is 4.50. The molecule has 4 rings (SSSR count). The summed E-state index contributed by atoms with van der Waals surface area (Å²) < 4.78 is 0. The zero-order chi connectivity index (χ0) is 13.4. The molecule has 0 aliphatic heterocycles. The average Bonchev–Trinajstić information content (AvgIpc) is 3.17. The zero-order valence-corrected chi connectivity index (χ0v) is 10.5. The van der Waals surface area contributed by atoms with E-state index in [-0.39, 0.29) is 0 Å². The van der Waals surface area contributed by atoms with E-state index in [1.165, 1.54) is 0 Å². The van der Waals surface area contributed by atoms with Crippen molar-refractivity contribution >= 4 is 11.0 Å². The molecule has 3 heterocycles. The largest absolute Gasteiger partial charge is 0.345 e. The van der Waals surface area contributed by atoms with Crippen molar-refractivity contribution in [2.45, 2.75) is 0 Å². The predicted molar refractivity (Wildman–Crippen MR) is 76.9 cm³/mol. The number of fused-ring (bicyclic) bond motifs is 1. The fraction of sp³-hybridized carbons (Fsp3) is 0. The summed E-state index contributed by atoms with van der Waals surface area (Å²) in [5, 5.41) is 7.83. The quantitative estimate of drug-likeness (QED) is 0.582. The topological polar surface area (TPSA) is 70.2 Å². The second kappa shape index (κ2) is 4.31. The Bertz CT molecular complexity index is 847. The number of H-pyrrole nitrogens is 2. The van der Waals surface area contributed by atoms with Crippen LogP contribution in [0.1, 0.15) is 0 Å². The van der Waals surface area contributed by atoms with Crippen molar-refractivity contribution in [2.24, 2.45) is 0 Å². The maximum absolute atomic E-state index is 4.42. The highest BCUT2D eigenvalue weighted by molar-refractivity contribution is 6.02. The van der Waals surface area contributed by atoms with Crippen molar-refractivity contribution in [3.63, 3.8) is 0 Å². The molecule has 0 aliphatic rings. The normalized spacial score (nSPS) is 11.0. The number of rotatable bonds is 2. The summed E-state index contributed by atoms with van der Waals surface area (Å²) in [6.07, 6.45) is 7.14. The van der Waals surface area contributed by atoms with Crippen molar-refractivity contribution in [1.82, 2.24) is 25.1 Å². The molecular formula is C15H11N5. The smallest absolute Gasteiger partial charge is 0.141 e. The third-order valence-electron chi connectivity index (χ3n) is 3.33. The van der Waals surface area contributed by atoms with Gasteiger partial charge in [-0.15, -0.1) is 0 Å². The van der Waals surface area contributed by atoms with Crippen LogP contribution in [-0.2, 0) is 0 Å². The van der Waals surface area contributed by atoms with Crippen LogP contribution in [0.25, 0.3) is 33.4 Å². The molecular weight excluding hydrogens is 250 g/mol. The van der Waals surface area contributed by atoms with Crippen molar-refractivity contribution in [3.8, 4) is 22.4 Å². The molecule has 2 N–H and O–H groups in total. The minimum absolute atomic E-state index is 0.829. The first-order valence-electron chi connectivity index (χ1n) is 6.30. The first kappa shape index (κ1) is 10.9. The Labute approximate surface area is 114 Å². The third kappa shape index (κ3) is 1.60. The van der Waals surface area contributed by atoms with Gasteiger partial charge < -0.3 is 4.98 Å². The molecule has 0 saturated carbocycles. The predicted octanol–water partition coefficient (Wildman–Crippen LogP) is 3.02. The van der Waals surface area contributed by atoms with Gasteiger partial charge in [-0.05, 0) is 5.56 Å². The first-order chi connectivity index (χ1) is 9.93. The van der Waals surface area contributed by atoms with Crippen LogP contribution in [0.5, 0.6) is 0 Å². The van der Waals surface area contributed by atoms with E-state index in [4.69, 9.17) is 0 Å². The Morgan fingerprint density at radius 3 is 2.60 bits per heavy atom. The standard InChI is InChI=1S/C15H11N5/c1-2-4-10(5-3-1)12-8-16-15-13(12)14(17-9-18-15)11-6-19-20-7-11/h1-9H,(H,19,20)(H,16,17,18). The lowest BCUT2D eigenvalue weighted by atomic mass is 10.0. The molecule has 0 saturated heterocycles. The van der Waals surface area contributed by atoms with Crippen molar-refractivity contribution in [3.05, 3.63) is 55.2 Å². The fourth-order valence-corrected chi connectivity index (χ4v) is 2.41. The van der Waals surface area contributed by atoms with Gasteiger partial charge in [-0.3, -0.25) is 5.10 Å². The molecule has 5 heteroatoms. The van der Waals surface area contributed by atoms with E-state index >= 15 is 0 Å². The van der Waals surface area contributed by atoms with E-state index in [0.717, 1.165) is 33.4 Å². The summed E-state index contributed by atoms with van der Waals surface area (Å²) in [7, 11) is 0. The van der Waals surface area contributed by atoms with E-state index in [9.17, 15) is 0 Å². The molecule has 0 atom stereocenters. The number of nitrogens with one attached hydrogen (secondary N) is 2. The van der Waals surface area contributed by atoms with Gasteiger partial charge in [0, 0.05) is 23.5 Å². The van der Waals surface area contributed by atoms with Gasteiger partial charge in [0.15, 0.2) is 0 Å². The Balaban J connectivity index is 2.04. The van der Waals surface area contributed by atoms with Crippen LogP contribution in [0.3, 0.4) is 0 Å². The third-order valence-corrected chi connectivity index (χ3v) is 3.33. The number of nitrogens with zero attached hydrogens (tertiary/aromatic N) is 3. The first-order valence-corrected chi connectivity index (χ1v) is 6.30. The van der Waals surface area contributed by atoms with Gasteiger partial charge in [0.2, 0.25) is 0 Å². The Morgan fingerprint density at radius 2 is 1.80 bits per heavy atom. The number of benzene rings is 1. The SMILES string of the molecule is c1ccc(-c2c[nH]c3ncnc(-c4cn[nH]c4)c23)cc1. The van der Waals surface area contributed by atoms with Crippen LogP contribution in [0.15, 0.2) is 55.2 Å². The fourth-order valence-electron chi connectivity index (χ4n) is 2.41. The van der Waals surface area contributed by atoms with Gasteiger partial charge in [-0.2, -0.15) is 5.10 Å². The number of hydrogen-bond acceptors (Lipinski definition) is 3. The Morgan fingerprint density at radius 1 is 0.900 bits per heavy atom. The number of aromatic amines is 2. The monoisotopic (exact) mass is 261 g/mol. The molecule has 0 unspecified atom stereocenters. The van der Waals surface area contributed by atoms with Crippen molar-refractivity contribution in [1.29, 1.82) is 0 Å². The lowest BCUT2D eigenvalue weighted by Gasteiger charge is -2.03. The van der Waals surface area contributed by atoms with Crippen LogP contribution in [0.2, 0.25) is 0 Å². The minimum Gasteiger partial charge on any atom is -0.345 e. The molecule has 0 spiro atoms. The van der Waals surface area contributed by atoms with Gasteiger partial charge in [0.1, 0.15) is 12.0 Å². The number of hydrogen-bond donors (Lipinski definition) is 2. The molecule has 0 fully saturated rings. The van der Waals surface area contributed by atoms with Crippen LogP contribution in [0, 0.1) is 0 Å². The molecule has 20 heavy (non-hydrogen) atoms. The van der Waals surface area contributed by atoms with E-state index in [0.29, 0.717) is 0 Å². The van der Waals surface area contributed by atoms with E-state index < -0.39 is 0 Å². The van der Waals surface area contributed by atoms with Crippen LogP contribution >= 0.6 is 0 Å². The Kier molecular flexibility index (Phi) is 2.35. The molecule has 0 aliphatic carbocycles. The molecule has 3 aromatic heterocycles.